The van der Waals surface area contributed by atoms with Crippen LogP contribution < -0.4 is 10.3 Å². The smallest absolute Gasteiger partial charge is 0.293 e. The average Bonchev–Trinajstić information content (AvgIpc) is 2.76. The normalized spacial score (nSPS) is 14.9. The number of aliphatic hydroxyl groups excluding tert-OH is 1. The second-order valence-corrected chi connectivity index (χ2v) is 7.24. The summed E-state index contributed by atoms with van der Waals surface area (Å²) in [7, 11) is 0. The zero-order valence-corrected chi connectivity index (χ0v) is 16.2. The molecule has 1 fully saturated rings. The van der Waals surface area contributed by atoms with Crippen molar-refractivity contribution < 1.29 is 15.1 Å². The first-order valence-corrected chi connectivity index (χ1v) is 9.70. The van der Waals surface area contributed by atoms with Crippen LogP contribution >= 0.6 is 0 Å². The molecule has 30 heavy (non-hydrogen) atoms. The van der Waals surface area contributed by atoms with Gasteiger partial charge < -0.3 is 20.1 Å². The summed E-state index contributed by atoms with van der Waals surface area (Å²) < 4.78 is 0. The van der Waals surface area contributed by atoms with Gasteiger partial charge in [-0.15, -0.1) is 0 Å². The van der Waals surface area contributed by atoms with Crippen molar-refractivity contribution in [1.29, 1.82) is 0 Å². The Kier molecular flexibility index (Phi) is 5.39. The fraction of sp³-hybridized carbons (Fsp3) is 0.286. The number of nitro benzene ring substituents is 1. The highest BCUT2D eigenvalue weighted by Crippen LogP contribution is 2.35. The minimum atomic E-state index is -0.522. The third kappa shape index (κ3) is 3.60. The van der Waals surface area contributed by atoms with E-state index < -0.39 is 16.1 Å². The van der Waals surface area contributed by atoms with Gasteiger partial charge in [0.05, 0.1) is 17.2 Å². The zero-order chi connectivity index (χ0) is 21.3. The molecule has 3 aromatic rings. The van der Waals surface area contributed by atoms with Crippen LogP contribution in [-0.4, -0.2) is 64.4 Å². The molecule has 1 aromatic heterocycles. The zero-order valence-electron chi connectivity index (χ0n) is 16.2. The number of anilines is 1. The summed E-state index contributed by atoms with van der Waals surface area (Å²) in [5, 5.41) is 31.6. The number of fused-ring (bicyclic) bond motifs is 1. The maximum absolute atomic E-state index is 12.5. The SMILES string of the molecule is O=c1c(O)c(-c2ccc(N3CCN(CCO)CC3)c([N+](=O)[O-])c2)[nH]c2ccccc12. The van der Waals surface area contributed by atoms with Gasteiger partial charge in [0, 0.05) is 55.3 Å². The number of pyridine rings is 1. The van der Waals surface area contributed by atoms with Crippen LogP contribution in [0.5, 0.6) is 5.75 Å². The van der Waals surface area contributed by atoms with E-state index in [1.807, 2.05) is 4.90 Å². The van der Waals surface area contributed by atoms with Crippen LogP contribution in [0.3, 0.4) is 0 Å². The Bertz CT molecular complexity index is 1150. The first kappa shape index (κ1) is 19.9. The molecule has 4 rings (SSSR count). The summed E-state index contributed by atoms with van der Waals surface area (Å²) in [6.07, 6.45) is 0. The molecule has 0 unspecified atom stereocenters. The van der Waals surface area contributed by atoms with Gasteiger partial charge in [-0.1, -0.05) is 18.2 Å². The summed E-state index contributed by atoms with van der Waals surface area (Å²) in [5.74, 6) is -0.464. The van der Waals surface area contributed by atoms with E-state index in [1.54, 1.807) is 36.4 Å². The van der Waals surface area contributed by atoms with E-state index in [2.05, 4.69) is 9.88 Å². The molecule has 1 aliphatic heterocycles. The molecule has 0 radical (unpaired) electrons. The lowest BCUT2D eigenvalue weighted by molar-refractivity contribution is -0.384. The summed E-state index contributed by atoms with van der Waals surface area (Å²) in [6, 6.07) is 11.5. The fourth-order valence-electron chi connectivity index (χ4n) is 3.88. The number of para-hydroxylation sites is 1. The van der Waals surface area contributed by atoms with Gasteiger partial charge in [-0.25, -0.2) is 0 Å². The Hall–Kier alpha value is -3.43. The molecule has 0 aliphatic carbocycles. The number of nitro groups is 1. The van der Waals surface area contributed by atoms with E-state index in [0.717, 1.165) is 0 Å². The average molecular weight is 410 g/mol. The number of benzene rings is 2. The minimum Gasteiger partial charge on any atom is -0.503 e. The lowest BCUT2D eigenvalue weighted by atomic mass is 10.1. The summed E-state index contributed by atoms with van der Waals surface area (Å²) in [4.78, 5) is 30.9. The van der Waals surface area contributed by atoms with Crippen molar-refractivity contribution in [3.8, 4) is 17.0 Å². The van der Waals surface area contributed by atoms with Gasteiger partial charge in [0.1, 0.15) is 5.69 Å². The van der Waals surface area contributed by atoms with Gasteiger partial charge in [-0.3, -0.25) is 19.8 Å². The number of aromatic nitrogens is 1. The van der Waals surface area contributed by atoms with E-state index in [1.165, 1.54) is 6.07 Å². The Morgan fingerprint density at radius 1 is 1.10 bits per heavy atom. The van der Waals surface area contributed by atoms with Gasteiger partial charge in [-0.2, -0.15) is 0 Å². The molecule has 0 amide bonds. The van der Waals surface area contributed by atoms with E-state index in [0.29, 0.717) is 54.9 Å². The highest BCUT2D eigenvalue weighted by molar-refractivity contribution is 5.85. The molecule has 9 heteroatoms. The van der Waals surface area contributed by atoms with Crippen molar-refractivity contribution in [2.75, 3.05) is 44.2 Å². The number of aromatic hydroxyl groups is 1. The largest absolute Gasteiger partial charge is 0.503 e. The molecule has 1 aliphatic rings. The monoisotopic (exact) mass is 410 g/mol. The third-order valence-electron chi connectivity index (χ3n) is 5.47. The van der Waals surface area contributed by atoms with E-state index in [4.69, 9.17) is 5.11 Å². The summed E-state index contributed by atoms with van der Waals surface area (Å²) >= 11 is 0. The number of H-pyrrole nitrogens is 1. The Morgan fingerprint density at radius 3 is 2.53 bits per heavy atom. The summed E-state index contributed by atoms with van der Waals surface area (Å²) in [6.45, 7) is 3.30. The Labute approximate surface area is 171 Å². The first-order chi connectivity index (χ1) is 14.5. The minimum absolute atomic E-state index is 0.0856. The number of β-amino-alcohol motifs (C(OH)–C–C–N with tert-alkyl or cyclic N) is 1. The predicted octanol–water partition coefficient (Wildman–Crippen LogP) is 1.92. The maximum Gasteiger partial charge on any atom is 0.293 e. The van der Waals surface area contributed by atoms with E-state index in [9.17, 15) is 20.0 Å². The first-order valence-electron chi connectivity index (χ1n) is 9.70. The topological polar surface area (TPSA) is 123 Å². The van der Waals surface area contributed by atoms with Crippen LogP contribution in [0.25, 0.3) is 22.2 Å². The number of rotatable bonds is 5. The number of nitrogens with zero attached hydrogens (tertiary/aromatic N) is 3. The second-order valence-electron chi connectivity index (χ2n) is 7.24. The fourth-order valence-corrected chi connectivity index (χ4v) is 3.88. The van der Waals surface area contributed by atoms with E-state index >= 15 is 0 Å². The molecular weight excluding hydrogens is 388 g/mol. The molecular formula is C21H22N4O5. The number of nitrogens with one attached hydrogen (secondary N) is 1. The van der Waals surface area contributed by atoms with Crippen molar-refractivity contribution in [3.63, 3.8) is 0 Å². The highest BCUT2D eigenvalue weighted by Gasteiger charge is 2.25. The van der Waals surface area contributed by atoms with Crippen molar-refractivity contribution in [2.45, 2.75) is 0 Å². The molecule has 2 aromatic carbocycles. The van der Waals surface area contributed by atoms with Crippen LogP contribution in [-0.2, 0) is 0 Å². The number of piperazine rings is 1. The van der Waals surface area contributed by atoms with Gasteiger partial charge in [0.15, 0.2) is 5.75 Å². The maximum atomic E-state index is 12.5. The van der Waals surface area contributed by atoms with Crippen molar-refractivity contribution in [2.24, 2.45) is 0 Å². The van der Waals surface area contributed by atoms with Crippen LogP contribution in [0.4, 0.5) is 11.4 Å². The van der Waals surface area contributed by atoms with Crippen molar-refractivity contribution in [1.82, 2.24) is 9.88 Å². The molecule has 0 atom stereocenters. The number of hydrogen-bond acceptors (Lipinski definition) is 7. The molecule has 2 heterocycles. The van der Waals surface area contributed by atoms with Crippen LogP contribution in [0.1, 0.15) is 0 Å². The number of aliphatic hydroxyl groups is 1. The second kappa shape index (κ2) is 8.13. The predicted molar refractivity (Wildman–Crippen MR) is 114 cm³/mol. The highest BCUT2D eigenvalue weighted by atomic mass is 16.6. The van der Waals surface area contributed by atoms with Crippen LogP contribution in [0.2, 0.25) is 0 Å². The van der Waals surface area contributed by atoms with Gasteiger partial charge in [0.25, 0.3) is 5.69 Å². The van der Waals surface area contributed by atoms with Gasteiger partial charge in [-0.05, 0) is 18.2 Å². The summed E-state index contributed by atoms with van der Waals surface area (Å²) in [5.41, 5.74) is 0.950. The number of aromatic amines is 1. The van der Waals surface area contributed by atoms with Crippen LogP contribution in [0.15, 0.2) is 47.3 Å². The molecule has 0 spiro atoms. The van der Waals surface area contributed by atoms with Crippen molar-refractivity contribution >= 4 is 22.3 Å². The molecule has 156 valence electrons. The lowest BCUT2D eigenvalue weighted by Gasteiger charge is -2.35. The molecule has 9 nitrogen and oxygen atoms in total. The molecule has 3 N–H and O–H groups in total. The number of hydrogen-bond donors (Lipinski definition) is 3. The standard InChI is InChI=1S/C21H22N4O5/c26-12-11-23-7-9-24(10-8-23)17-6-5-14(13-18(17)25(29)30)19-21(28)20(27)15-3-1-2-4-16(15)22-19/h1-6,13,26,28H,7-12H2,(H,22,27). The quantitative estimate of drug-likeness (QED) is 0.434. The lowest BCUT2D eigenvalue weighted by Crippen LogP contribution is -2.47. The molecule has 1 saturated heterocycles. The Morgan fingerprint density at radius 2 is 1.83 bits per heavy atom. The third-order valence-corrected chi connectivity index (χ3v) is 5.47. The van der Waals surface area contributed by atoms with Gasteiger partial charge in [0.2, 0.25) is 5.43 Å². The molecule has 0 bridgehead atoms. The van der Waals surface area contributed by atoms with E-state index in [-0.39, 0.29) is 18.0 Å². The Balaban J connectivity index is 1.73. The van der Waals surface area contributed by atoms with Crippen molar-refractivity contribution in [3.05, 3.63) is 62.8 Å². The van der Waals surface area contributed by atoms with Crippen LogP contribution in [0, 0.1) is 10.1 Å². The van der Waals surface area contributed by atoms with Gasteiger partial charge >= 0.3 is 0 Å². The molecule has 0 saturated carbocycles.